The van der Waals surface area contributed by atoms with Gasteiger partial charge in [0.25, 0.3) is 0 Å². The third kappa shape index (κ3) is 2.64. The van der Waals surface area contributed by atoms with Gasteiger partial charge in [-0.1, -0.05) is 11.6 Å². The van der Waals surface area contributed by atoms with Crippen molar-refractivity contribution in [1.82, 2.24) is 0 Å². The van der Waals surface area contributed by atoms with E-state index in [4.69, 9.17) is 16.7 Å². The molecule has 6 nitrogen and oxygen atoms in total. The van der Waals surface area contributed by atoms with Crippen LogP contribution in [0.2, 0.25) is 5.02 Å². The van der Waals surface area contributed by atoms with Crippen molar-refractivity contribution in [3.8, 4) is 0 Å². The van der Waals surface area contributed by atoms with Gasteiger partial charge in [-0.15, -0.1) is 0 Å². The maximum atomic E-state index is 11.9. The van der Waals surface area contributed by atoms with Crippen LogP contribution in [0.4, 0.5) is 5.69 Å². The fourth-order valence-electron chi connectivity index (χ4n) is 2.04. The molecule has 2 N–H and O–H groups in total. The molecule has 0 spiro atoms. The lowest BCUT2D eigenvalue weighted by Crippen LogP contribution is -2.27. The first kappa shape index (κ1) is 14.8. The number of hydrogen-bond donors (Lipinski definition) is 2. The number of hydrogen-bond acceptors (Lipinski definition) is 3. The summed E-state index contributed by atoms with van der Waals surface area (Å²) >= 11 is 9.04. The van der Waals surface area contributed by atoms with Gasteiger partial charge >= 0.3 is 11.9 Å². The number of benzene rings is 1. The number of rotatable bonds is 3. The van der Waals surface area contributed by atoms with Crippen LogP contribution in [-0.4, -0.2) is 34.6 Å². The van der Waals surface area contributed by atoms with Crippen LogP contribution in [0.1, 0.15) is 16.8 Å². The molecule has 8 heteroatoms. The Morgan fingerprint density at radius 2 is 2.00 bits per heavy atom. The topological polar surface area (TPSA) is 94.9 Å². The average Bonchev–Trinajstić information content (AvgIpc) is 2.74. The highest BCUT2D eigenvalue weighted by Crippen LogP contribution is 2.34. The van der Waals surface area contributed by atoms with Crippen LogP contribution < -0.4 is 4.90 Å². The van der Waals surface area contributed by atoms with E-state index in [-0.39, 0.29) is 29.2 Å². The number of carbonyl (C=O) groups excluding carboxylic acids is 1. The summed E-state index contributed by atoms with van der Waals surface area (Å²) in [4.78, 5) is 35.2. The molecule has 106 valence electrons. The van der Waals surface area contributed by atoms with Crippen LogP contribution >= 0.6 is 27.5 Å². The van der Waals surface area contributed by atoms with Crippen molar-refractivity contribution in [2.75, 3.05) is 11.4 Å². The standard InChI is InChI=1S/C12H9BrClNO5/c13-7-2-6(12(19)20)9(3-8(7)14)15-4-5(11(17)18)1-10(15)16/h2-3,5H,1,4H2,(H,17,18)(H,19,20). The molecule has 1 unspecified atom stereocenters. The van der Waals surface area contributed by atoms with Gasteiger partial charge in [0, 0.05) is 17.4 Å². The van der Waals surface area contributed by atoms with Gasteiger partial charge in [-0.25, -0.2) is 4.79 Å². The smallest absolute Gasteiger partial charge is 0.337 e. The Morgan fingerprint density at radius 1 is 1.35 bits per heavy atom. The highest BCUT2D eigenvalue weighted by Gasteiger charge is 2.36. The highest BCUT2D eigenvalue weighted by molar-refractivity contribution is 9.10. The minimum atomic E-state index is -1.22. The van der Waals surface area contributed by atoms with Gasteiger partial charge in [0.1, 0.15) is 0 Å². The highest BCUT2D eigenvalue weighted by atomic mass is 79.9. The Labute approximate surface area is 127 Å². The molecule has 20 heavy (non-hydrogen) atoms. The summed E-state index contributed by atoms with van der Waals surface area (Å²) < 4.78 is 0.391. The van der Waals surface area contributed by atoms with E-state index in [1.165, 1.54) is 12.1 Å². The van der Waals surface area contributed by atoms with Crippen LogP contribution in [0.5, 0.6) is 0 Å². The number of carboxylic acids is 2. The quantitative estimate of drug-likeness (QED) is 0.860. The average molecular weight is 363 g/mol. The summed E-state index contributed by atoms with van der Waals surface area (Å²) in [5.74, 6) is -3.57. The van der Waals surface area contributed by atoms with E-state index in [9.17, 15) is 19.5 Å². The molecule has 0 aliphatic carbocycles. The molecule has 0 aromatic heterocycles. The zero-order valence-electron chi connectivity index (χ0n) is 9.97. The van der Waals surface area contributed by atoms with Gasteiger partial charge in [-0.2, -0.15) is 0 Å². The molecule has 1 saturated heterocycles. The number of amides is 1. The van der Waals surface area contributed by atoms with E-state index in [1.54, 1.807) is 0 Å². The molecule has 2 rings (SSSR count). The second-order valence-electron chi connectivity index (χ2n) is 4.33. The molecular formula is C12H9BrClNO5. The van der Waals surface area contributed by atoms with Crippen molar-refractivity contribution >= 4 is 51.1 Å². The number of nitrogens with zero attached hydrogens (tertiary/aromatic N) is 1. The summed E-state index contributed by atoms with van der Waals surface area (Å²) in [5.41, 5.74) is 0.000105. The minimum absolute atomic E-state index is 0.0631. The van der Waals surface area contributed by atoms with Crippen molar-refractivity contribution in [3.05, 3.63) is 27.2 Å². The van der Waals surface area contributed by atoms with E-state index in [0.29, 0.717) is 4.47 Å². The molecule has 1 aromatic rings. The number of anilines is 1. The third-order valence-electron chi connectivity index (χ3n) is 3.03. The van der Waals surface area contributed by atoms with Crippen molar-refractivity contribution in [1.29, 1.82) is 0 Å². The Morgan fingerprint density at radius 3 is 2.50 bits per heavy atom. The van der Waals surface area contributed by atoms with Crippen molar-refractivity contribution < 1.29 is 24.6 Å². The first-order valence-electron chi connectivity index (χ1n) is 5.56. The summed E-state index contributed by atoms with van der Waals surface area (Å²) in [7, 11) is 0. The fraction of sp³-hybridized carbons (Fsp3) is 0.250. The first-order chi connectivity index (χ1) is 9.31. The molecular weight excluding hydrogens is 353 g/mol. The van der Waals surface area contributed by atoms with Crippen LogP contribution in [0, 0.1) is 5.92 Å². The lowest BCUT2D eigenvalue weighted by atomic mass is 10.1. The van der Waals surface area contributed by atoms with E-state index in [2.05, 4.69) is 15.9 Å². The molecule has 0 saturated carbocycles. The number of halogens is 2. The maximum Gasteiger partial charge on any atom is 0.337 e. The van der Waals surface area contributed by atoms with Crippen LogP contribution in [-0.2, 0) is 9.59 Å². The number of carboxylic acid groups (broad SMARTS) is 2. The van der Waals surface area contributed by atoms with E-state index in [0.717, 1.165) is 4.90 Å². The maximum absolute atomic E-state index is 11.9. The van der Waals surface area contributed by atoms with Gasteiger partial charge in [-0.05, 0) is 28.1 Å². The van der Waals surface area contributed by atoms with Gasteiger partial charge in [0.2, 0.25) is 5.91 Å². The molecule has 0 radical (unpaired) electrons. The predicted octanol–water partition coefficient (Wildman–Crippen LogP) is 2.24. The first-order valence-corrected chi connectivity index (χ1v) is 6.74. The Balaban J connectivity index is 2.47. The molecule has 1 aliphatic heterocycles. The summed E-state index contributed by atoms with van der Waals surface area (Å²) in [6.45, 7) is -0.0631. The Hall–Kier alpha value is -1.60. The molecule has 1 atom stereocenters. The molecule has 0 bridgehead atoms. The van der Waals surface area contributed by atoms with E-state index >= 15 is 0 Å². The second kappa shape index (κ2) is 5.41. The normalized spacial score (nSPS) is 18.4. The lowest BCUT2D eigenvalue weighted by Gasteiger charge is -2.19. The van der Waals surface area contributed by atoms with E-state index in [1.807, 2.05) is 0 Å². The number of aliphatic carboxylic acids is 1. The van der Waals surface area contributed by atoms with Crippen LogP contribution in [0.15, 0.2) is 16.6 Å². The second-order valence-corrected chi connectivity index (χ2v) is 5.59. The Bertz CT molecular complexity index is 618. The van der Waals surface area contributed by atoms with Gasteiger partial charge in [0.05, 0.1) is 22.2 Å². The SMILES string of the molecule is O=C(O)c1cc(Br)c(Cl)cc1N1CC(C(=O)O)CC1=O. The summed E-state index contributed by atoms with van der Waals surface area (Å²) in [6, 6.07) is 2.64. The molecule has 1 amide bonds. The zero-order valence-corrected chi connectivity index (χ0v) is 12.3. The van der Waals surface area contributed by atoms with Crippen LogP contribution in [0.25, 0.3) is 0 Å². The van der Waals surface area contributed by atoms with Gasteiger partial charge < -0.3 is 15.1 Å². The van der Waals surface area contributed by atoms with Crippen molar-refractivity contribution in [2.45, 2.75) is 6.42 Å². The lowest BCUT2D eigenvalue weighted by molar-refractivity contribution is -0.141. The molecule has 1 aliphatic rings. The monoisotopic (exact) mass is 361 g/mol. The number of carbonyl (C=O) groups is 3. The molecule has 1 aromatic carbocycles. The number of aromatic carboxylic acids is 1. The molecule has 1 heterocycles. The fourth-order valence-corrected chi connectivity index (χ4v) is 2.54. The predicted molar refractivity (Wildman–Crippen MR) is 74.2 cm³/mol. The zero-order chi connectivity index (χ0) is 15.0. The summed E-state index contributed by atoms with van der Waals surface area (Å²) in [5, 5.41) is 18.4. The largest absolute Gasteiger partial charge is 0.481 e. The van der Waals surface area contributed by atoms with Gasteiger partial charge in [0.15, 0.2) is 0 Å². The minimum Gasteiger partial charge on any atom is -0.481 e. The van der Waals surface area contributed by atoms with Crippen molar-refractivity contribution in [2.24, 2.45) is 5.92 Å². The van der Waals surface area contributed by atoms with E-state index < -0.39 is 23.8 Å². The summed E-state index contributed by atoms with van der Waals surface area (Å²) in [6.07, 6.45) is -0.151. The molecule has 1 fully saturated rings. The van der Waals surface area contributed by atoms with Gasteiger partial charge in [-0.3, -0.25) is 9.59 Å². The Kier molecular flexibility index (Phi) is 4.01. The van der Waals surface area contributed by atoms with Crippen molar-refractivity contribution in [3.63, 3.8) is 0 Å². The third-order valence-corrected chi connectivity index (χ3v) is 4.23. The van der Waals surface area contributed by atoms with Crippen LogP contribution in [0.3, 0.4) is 0 Å².